The largest absolute Gasteiger partial charge is 0.507 e. The summed E-state index contributed by atoms with van der Waals surface area (Å²) in [6.07, 6.45) is -8.34. The zero-order valence-corrected chi connectivity index (χ0v) is 18.3. The van der Waals surface area contributed by atoms with Crippen LogP contribution in [-0.4, -0.2) is 68.0 Å². The predicted molar refractivity (Wildman–Crippen MR) is 122 cm³/mol. The van der Waals surface area contributed by atoms with Crippen molar-refractivity contribution in [3.05, 3.63) is 63.3 Å². The van der Waals surface area contributed by atoms with E-state index in [1.54, 1.807) is 0 Å². The predicted octanol–water partition coefficient (Wildman–Crippen LogP) is 0.156. The molecular formula is C24H20O12. The highest BCUT2D eigenvalue weighted by Gasteiger charge is 2.45. The van der Waals surface area contributed by atoms with E-state index in [0.29, 0.717) is 5.39 Å². The van der Waals surface area contributed by atoms with E-state index in [2.05, 4.69) is 0 Å². The molecule has 2 aromatic carbocycles. The molecule has 0 saturated carbocycles. The summed E-state index contributed by atoms with van der Waals surface area (Å²) in [6, 6.07) is 8.98. The molecule has 1 fully saturated rings. The highest BCUT2D eigenvalue weighted by Crippen LogP contribution is 2.49. The molecule has 2 aromatic heterocycles. The van der Waals surface area contributed by atoms with Crippen molar-refractivity contribution in [1.29, 1.82) is 0 Å². The van der Waals surface area contributed by atoms with E-state index >= 15 is 0 Å². The summed E-state index contributed by atoms with van der Waals surface area (Å²) in [6.45, 7) is -0.731. The third-order valence-electron chi connectivity index (χ3n) is 5.94. The molecule has 0 unspecified atom stereocenters. The summed E-state index contributed by atoms with van der Waals surface area (Å²) < 4.78 is 21.8. The molecule has 0 amide bonds. The first-order chi connectivity index (χ1) is 17.2. The fraction of sp³-hybridized carbons (Fsp3) is 0.250. The van der Waals surface area contributed by atoms with Crippen LogP contribution in [0.1, 0.15) is 0 Å². The van der Waals surface area contributed by atoms with Crippen LogP contribution in [0.5, 0.6) is 17.2 Å². The summed E-state index contributed by atoms with van der Waals surface area (Å²) in [5.41, 5.74) is -2.24. The van der Waals surface area contributed by atoms with Crippen LogP contribution >= 0.6 is 0 Å². The van der Waals surface area contributed by atoms with Crippen LogP contribution in [0, 0.1) is 0 Å². The molecular weight excluding hydrogens is 480 g/mol. The Morgan fingerprint density at radius 1 is 0.750 bits per heavy atom. The molecule has 1 saturated heterocycles. The zero-order chi connectivity index (χ0) is 25.7. The van der Waals surface area contributed by atoms with Crippen molar-refractivity contribution < 1.29 is 48.9 Å². The van der Waals surface area contributed by atoms with Gasteiger partial charge in [-0.15, -0.1) is 0 Å². The van der Waals surface area contributed by atoms with Gasteiger partial charge in [0.2, 0.25) is 6.29 Å². The van der Waals surface area contributed by atoms with E-state index in [1.165, 1.54) is 30.3 Å². The van der Waals surface area contributed by atoms with E-state index in [1.807, 2.05) is 0 Å². The van der Waals surface area contributed by atoms with Crippen LogP contribution in [0.4, 0.5) is 0 Å². The third kappa shape index (κ3) is 3.86. The van der Waals surface area contributed by atoms with E-state index in [4.69, 9.17) is 18.3 Å². The summed E-state index contributed by atoms with van der Waals surface area (Å²) in [4.78, 5) is 24.1. The Morgan fingerprint density at radius 2 is 1.36 bits per heavy atom. The van der Waals surface area contributed by atoms with Crippen molar-refractivity contribution in [2.24, 2.45) is 0 Å². The summed E-state index contributed by atoms with van der Waals surface area (Å²) in [5.74, 6) is -1.47. The Hall–Kier alpha value is -3.94. The molecule has 12 nitrogen and oxygen atoms in total. The molecule has 3 heterocycles. The van der Waals surface area contributed by atoms with Gasteiger partial charge in [0.1, 0.15) is 35.7 Å². The van der Waals surface area contributed by atoms with Gasteiger partial charge in [-0.2, -0.15) is 0 Å². The van der Waals surface area contributed by atoms with Crippen LogP contribution in [0.15, 0.2) is 60.9 Å². The molecule has 4 aromatic rings. The summed E-state index contributed by atoms with van der Waals surface area (Å²) in [7, 11) is 0. The van der Waals surface area contributed by atoms with Crippen LogP contribution < -0.4 is 16.0 Å². The quantitative estimate of drug-likeness (QED) is 0.208. The van der Waals surface area contributed by atoms with E-state index in [-0.39, 0.29) is 27.7 Å². The first kappa shape index (κ1) is 23.8. The number of aromatic hydroxyl groups is 2. The van der Waals surface area contributed by atoms with Crippen LogP contribution in [0.3, 0.4) is 0 Å². The molecule has 1 aliphatic heterocycles. The lowest BCUT2D eigenvalue weighted by molar-refractivity contribution is -0.277. The minimum Gasteiger partial charge on any atom is -0.507 e. The minimum absolute atomic E-state index is 0.125. The summed E-state index contributed by atoms with van der Waals surface area (Å²) in [5, 5.41) is 62.4. The fourth-order valence-corrected chi connectivity index (χ4v) is 4.17. The van der Waals surface area contributed by atoms with Crippen LogP contribution in [-0.2, 0) is 4.74 Å². The van der Waals surface area contributed by atoms with E-state index in [0.717, 1.165) is 12.1 Å². The molecule has 6 N–H and O–H groups in total. The van der Waals surface area contributed by atoms with Crippen molar-refractivity contribution in [2.75, 3.05) is 6.61 Å². The number of benzene rings is 2. The number of hydrogen-bond donors (Lipinski definition) is 6. The van der Waals surface area contributed by atoms with E-state index in [9.17, 15) is 40.2 Å². The first-order valence-corrected chi connectivity index (χ1v) is 10.7. The molecule has 12 heteroatoms. The molecule has 0 aliphatic carbocycles. The molecule has 188 valence electrons. The first-order valence-electron chi connectivity index (χ1n) is 10.7. The Bertz CT molecular complexity index is 1570. The maximum absolute atomic E-state index is 12.1. The van der Waals surface area contributed by atoms with Gasteiger partial charge in [0.05, 0.1) is 17.7 Å². The van der Waals surface area contributed by atoms with Gasteiger partial charge in [0, 0.05) is 22.9 Å². The molecule has 5 atom stereocenters. The van der Waals surface area contributed by atoms with Gasteiger partial charge >= 0.3 is 11.3 Å². The molecule has 0 radical (unpaired) electrons. The monoisotopic (exact) mass is 500 g/mol. The normalized spacial score (nSPS) is 24.3. The van der Waals surface area contributed by atoms with Gasteiger partial charge in [0.25, 0.3) is 0 Å². The number of phenols is 2. The second-order valence-corrected chi connectivity index (χ2v) is 8.22. The maximum atomic E-state index is 12.1. The third-order valence-corrected chi connectivity index (χ3v) is 5.94. The van der Waals surface area contributed by atoms with Crippen molar-refractivity contribution in [3.63, 3.8) is 0 Å². The molecule has 0 bridgehead atoms. The molecule has 5 rings (SSSR count). The maximum Gasteiger partial charge on any atom is 0.336 e. The molecule has 0 spiro atoms. The Labute approximate surface area is 200 Å². The molecule has 36 heavy (non-hydrogen) atoms. The van der Waals surface area contributed by atoms with Crippen LogP contribution in [0.25, 0.3) is 33.1 Å². The SMILES string of the molecule is O=c1ccc2ccc(O)c(-c3c(O[C@@H]4O[C@@H](CO)[C@@H](O)[C@@H](O)[C@@H]4O)c(O)cc4ccc(=O)oc34)c2o1. The van der Waals surface area contributed by atoms with E-state index < -0.39 is 65.8 Å². The number of hydrogen-bond acceptors (Lipinski definition) is 12. The Kier molecular flexibility index (Phi) is 5.90. The Morgan fingerprint density at radius 3 is 2.03 bits per heavy atom. The number of aliphatic hydroxyl groups is 4. The van der Waals surface area contributed by atoms with Crippen LogP contribution in [0.2, 0.25) is 0 Å². The van der Waals surface area contributed by atoms with Crippen molar-refractivity contribution in [2.45, 2.75) is 30.7 Å². The molecule has 1 aliphatic rings. The number of ether oxygens (including phenoxy) is 2. The highest BCUT2D eigenvalue weighted by atomic mass is 16.7. The number of aliphatic hydroxyl groups excluding tert-OH is 4. The average Bonchev–Trinajstić information content (AvgIpc) is 2.85. The van der Waals surface area contributed by atoms with Gasteiger partial charge in [-0.05, 0) is 30.3 Å². The lowest BCUT2D eigenvalue weighted by Crippen LogP contribution is -2.60. The number of rotatable bonds is 4. The summed E-state index contributed by atoms with van der Waals surface area (Å²) >= 11 is 0. The zero-order valence-electron chi connectivity index (χ0n) is 18.3. The van der Waals surface area contributed by atoms with Gasteiger partial charge in [0.15, 0.2) is 17.1 Å². The second kappa shape index (κ2) is 8.93. The van der Waals surface area contributed by atoms with Gasteiger partial charge in [-0.3, -0.25) is 0 Å². The lowest BCUT2D eigenvalue weighted by atomic mass is 9.97. The standard InChI is InChI=1S/C24H20O12/c25-8-13-18(30)19(31)20(32)24(33-13)36-23-12(27)7-10-3-6-15(29)35-22(10)17(23)16-11(26)4-1-9-2-5-14(28)34-21(9)16/h1-7,13,18-20,24-27,30-32H,8H2/t13-,18+,19+,20-,24-/m0/s1. The van der Waals surface area contributed by atoms with Crippen molar-refractivity contribution in [3.8, 4) is 28.4 Å². The van der Waals surface area contributed by atoms with Gasteiger partial charge in [-0.25, -0.2) is 9.59 Å². The second-order valence-electron chi connectivity index (χ2n) is 8.22. The van der Waals surface area contributed by atoms with Crippen molar-refractivity contribution in [1.82, 2.24) is 0 Å². The van der Waals surface area contributed by atoms with Gasteiger partial charge < -0.3 is 48.9 Å². The lowest BCUT2D eigenvalue weighted by Gasteiger charge is -2.39. The smallest absolute Gasteiger partial charge is 0.336 e. The van der Waals surface area contributed by atoms with Crippen molar-refractivity contribution >= 4 is 21.9 Å². The topological polar surface area (TPSA) is 200 Å². The van der Waals surface area contributed by atoms with Gasteiger partial charge in [-0.1, -0.05) is 0 Å². The highest BCUT2D eigenvalue weighted by molar-refractivity contribution is 6.06. The number of phenolic OH excluding ortho intramolecular Hbond substituents is 2. The fourth-order valence-electron chi connectivity index (χ4n) is 4.17. The minimum atomic E-state index is -1.84. The number of fused-ring (bicyclic) bond motifs is 2. The average molecular weight is 500 g/mol. The Balaban J connectivity index is 1.80.